The van der Waals surface area contributed by atoms with Gasteiger partial charge in [-0.25, -0.2) is 4.39 Å². The normalized spacial score (nSPS) is 14.6. The molecule has 0 saturated heterocycles. The maximum absolute atomic E-state index is 13.7. The Labute approximate surface area is 195 Å². The lowest BCUT2D eigenvalue weighted by Gasteiger charge is -2.30. The van der Waals surface area contributed by atoms with E-state index in [0.29, 0.717) is 22.4 Å². The zero-order chi connectivity index (χ0) is 24.9. The molecule has 0 amide bonds. The largest absolute Gasteiger partial charge is 0.435 e. The molecule has 180 valence electrons. The minimum Gasteiger partial charge on any atom is -0.435 e. The molecule has 3 atom stereocenters. The molecule has 0 bridgehead atoms. The molecular weight excluding hydrogens is 444 g/mol. The molecule has 0 aliphatic carbocycles. The van der Waals surface area contributed by atoms with Gasteiger partial charge in [0.25, 0.3) is 0 Å². The summed E-state index contributed by atoms with van der Waals surface area (Å²) in [4.78, 5) is 16.9. The molecule has 1 aromatic heterocycles. The summed E-state index contributed by atoms with van der Waals surface area (Å²) in [6, 6.07) is 7.82. The summed E-state index contributed by atoms with van der Waals surface area (Å²) in [6.07, 6.45) is -0.785. The molecule has 0 saturated carbocycles. The Hall–Kier alpha value is -2.34. The maximum Gasteiger partial charge on any atom is 0.313 e. The Morgan fingerprint density at radius 2 is 1.88 bits per heavy atom. The van der Waals surface area contributed by atoms with E-state index in [2.05, 4.69) is 6.58 Å². The van der Waals surface area contributed by atoms with Crippen molar-refractivity contribution in [3.63, 3.8) is 0 Å². The summed E-state index contributed by atoms with van der Waals surface area (Å²) in [6.45, 7) is 13.3. The van der Waals surface area contributed by atoms with Gasteiger partial charge in [0.2, 0.25) is 8.03 Å². The molecule has 6 nitrogen and oxygen atoms in total. The van der Waals surface area contributed by atoms with E-state index in [0.717, 1.165) is 12.0 Å². The van der Waals surface area contributed by atoms with Crippen molar-refractivity contribution in [1.29, 1.82) is 0 Å². The van der Waals surface area contributed by atoms with Crippen molar-refractivity contribution < 1.29 is 28.1 Å². The fourth-order valence-corrected chi connectivity index (χ4v) is 4.84. The van der Waals surface area contributed by atoms with Gasteiger partial charge in [-0.2, -0.15) is 0 Å². The van der Waals surface area contributed by atoms with Crippen LogP contribution >= 0.6 is 8.03 Å². The van der Waals surface area contributed by atoms with E-state index in [1.54, 1.807) is 12.1 Å². The van der Waals surface area contributed by atoms with Gasteiger partial charge in [0.05, 0.1) is 24.4 Å². The van der Waals surface area contributed by atoms with Crippen molar-refractivity contribution in [3.8, 4) is 11.1 Å². The predicted octanol–water partition coefficient (Wildman–Crippen LogP) is 5.91. The number of hydrogen-bond acceptors (Lipinski definition) is 6. The number of benzene rings is 1. The zero-order valence-corrected chi connectivity index (χ0v) is 21.0. The lowest BCUT2D eigenvalue weighted by molar-refractivity contribution is -0.140. The first-order valence-corrected chi connectivity index (χ1v) is 12.2. The van der Waals surface area contributed by atoms with Gasteiger partial charge in [-0.1, -0.05) is 53.3 Å². The minimum absolute atomic E-state index is 0.0945. The van der Waals surface area contributed by atoms with Crippen molar-refractivity contribution >= 4 is 14.0 Å². The number of hydrogen-bond donors (Lipinski definition) is 1. The van der Waals surface area contributed by atoms with Gasteiger partial charge in [0, 0.05) is 23.9 Å². The first kappa shape index (κ1) is 26.9. The fraction of sp³-hybridized carbons (Fsp3) is 0.440. The maximum atomic E-state index is 13.7. The van der Waals surface area contributed by atoms with Crippen LogP contribution in [0.15, 0.2) is 43.2 Å². The summed E-state index contributed by atoms with van der Waals surface area (Å²) in [5, 5.41) is 11.0. The second-order valence-electron chi connectivity index (χ2n) is 9.19. The number of aliphatic hydroxyl groups excluding tert-OH is 1. The predicted molar refractivity (Wildman–Crippen MR) is 128 cm³/mol. The number of carbonyl (C=O) groups excluding carboxylic acids is 1. The van der Waals surface area contributed by atoms with Gasteiger partial charge in [-0.3, -0.25) is 14.3 Å². The van der Waals surface area contributed by atoms with E-state index >= 15 is 0 Å². The van der Waals surface area contributed by atoms with Crippen LogP contribution in [-0.2, 0) is 24.0 Å². The lowest BCUT2D eigenvalue weighted by atomic mass is 9.84. The van der Waals surface area contributed by atoms with Crippen LogP contribution in [0.2, 0.25) is 0 Å². The van der Waals surface area contributed by atoms with Gasteiger partial charge in [-0.15, -0.1) is 0 Å². The van der Waals surface area contributed by atoms with Gasteiger partial charge in [0.15, 0.2) is 0 Å². The molecular formula is C25H33FNO5P. The molecule has 0 fully saturated rings. The van der Waals surface area contributed by atoms with E-state index in [1.807, 2.05) is 40.7 Å². The molecule has 33 heavy (non-hydrogen) atoms. The van der Waals surface area contributed by atoms with Crippen molar-refractivity contribution in [2.24, 2.45) is 0 Å². The first-order chi connectivity index (χ1) is 15.4. The lowest BCUT2D eigenvalue weighted by Crippen LogP contribution is -2.24. The third kappa shape index (κ3) is 6.59. The van der Waals surface area contributed by atoms with Crippen LogP contribution in [0.3, 0.4) is 0 Å². The average molecular weight is 478 g/mol. The fourth-order valence-electron chi connectivity index (χ4n) is 3.62. The van der Waals surface area contributed by atoms with Crippen molar-refractivity contribution in [3.05, 3.63) is 65.9 Å². The van der Waals surface area contributed by atoms with Crippen LogP contribution < -0.4 is 0 Å². The second-order valence-corrected chi connectivity index (χ2v) is 10.9. The van der Waals surface area contributed by atoms with E-state index in [-0.39, 0.29) is 17.2 Å². The molecule has 1 N–H and O–H groups in total. The highest BCUT2D eigenvalue weighted by Gasteiger charge is 2.36. The summed E-state index contributed by atoms with van der Waals surface area (Å²) < 4.78 is 36.8. The SMILES string of the molecule is C=COC(=O)CC(O)C(c1c(-c2ccc(F)cc2)cc(C(C)(C)C)nc1C(C)C)[PH](=O)OC. The van der Waals surface area contributed by atoms with Crippen molar-refractivity contribution in [2.45, 2.75) is 64.1 Å². The van der Waals surface area contributed by atoms with Crippen LogP contribution in [0, 0.1) is 5.82 Å². The number of ether oxygens (including phenoxy) is 1. The Morgan fingerprint density at radius 1 is 1.27 bits per heavy atom. The third-order valence-electron chi connectivity index (χ3n) is 5.30. The second kappa shape index (κ2) is 11.2. The summed E-state index contributed by atoms with van der Waals surface area (Å²) in [5.74, 6) is -1.19. The van der Waals surface area contributed by atoms with Crippen LogP contribution in [0.25, 0.3) is 11.1 Å². The number of rotatable bonds is 9. The number of halogens is 1. The molecule has 0 aliphatic rings. The number of aromatic nitrogens is 1. The summed E-state index contributed by atoms with van der Waals surface area (Å²) in [7, 11) is -1.57. The highest BCUT2D eigenvalue weighted by atomic mass is 31.1. The molecule has 0 spiro atoms. The quantitative estimate of drug-likeness (QED) is 0.275. The molecule has 2 aromatic rings. The molecule has 8 heteroatoms. The van der Waals surface area contributed by atoms with E-state index in [1.165, 1.54) is 19.2 Å². The highest BCUT2D eigenvalue weighted by molar-refractivity contribution is 7.39. The Bertz CT molecular complexity index is 1010. The minimum atomic E-state index is -2.87. The van der Waals surface area contributed by atoms with Crippen LogP contribution in [0.4, 0.5) is 4.39 Å². The van der Waals surface area contributed by atoms with E-state index in [4.69, 9.17) is 14.2 Å². The topological polar surface area (TPSA) is 85.7 Å². The first-order valence-electron chi connectivity index (χ1n) is 10.8. The van der Waals surface area contributed by atoms with E-state index < -0.39 is 32.2 Å². The molecule has 1 heterocycles. The molecule has 0 aliphatic heterocycles. The van der Waals surface area contributed by atoms with Crippen molar-refractivity contribution in [1.82, 2.24) is 4.98 Å². The van der Waals surface area contributed by atoms with Gasteiger partial charge < -0.3 is 14.4 Å². The molecule has 3 unspecified atom stereocenters. The highest BCUT2D eigenvalue weighted by Crippen LogP contribution is 2.50. The third-order valence-corrected chi connectivity index (χ3v) is 6.88. The average Bonchev–Trinajstić information content (AvgIpc) is 2.73. The van der Waals surface area contributed by atoms with Crippen LogP contribution in [-0.4, -0.2) is 29.3 Å². The van der Waals surface area contributed by atoms with E-state index in [9.17, 15) is 18.9 Å². The summed E-state index contributed by atoms with van der Waals surface area (Å²) >= 11 is 0. The summed E-state index contributed by atoms with van der Waals surface area (Å²) in [5.41, 5.74) is 1.97. The molecule has 2 rings (SSSR count). The Morgan fingerprint density at radius 3 is 2.36 bits per heavy atom. The number of esters is 1. The molecule has 1 aromatic carbocycles. The van der Waals surface area contributed by atoms with Crippen LogP contribution in [0.1, 0.15) is 69.6 Å². The number of aliphatic hydroxyl groups is 1. The number of pyridine rings is 1. The van der Waals surface area contributed by atoms with Crippen molar-refractivity contribution in [2.75, 3.05) is 7.11 Å². The van der Waals surface area contributed by atoms with Gasteiger partial charge in [0.1, 0.15) is 5.82 Å². The van der Waals surface area contributed by atoms with Crippen LogP contribution in [0.5, 0.6) is 0 Å². The van der Waals surface area contributed by atoms with Gasteiger partial charge >= 0.3 is 5.97 Å². The smallest absolute Gasteiger partial charge is 0.313 e. The molecule has 0 radical (unpaired) electrons. The Balaban J connectivity index is 2.87. The Kier molecular flexibility index (Phi) is 9.12. The monoisotopic (exact) mass is 477 g/mol. The zero-order valence-electron chi connectivity index (χ0n) is 20.0. The standard InChI is InChI=1S/C25H33FNO5P/c1-8-32-21(29)14-19(28)24(33(30)31-7)22-18(16-9-11-17(26)12-10-16)13-20(25(4,5)6)27-23(22)15(2)3/h8-13,15,19,24,28,33H,1,14H2,2-7H3. The number of carbonyl (C=O) groups is 1. The van der Waals surface area contributed by atoms with Gasteiger partial charge in [-0.05, 0) is 40.8 Å². The number of nitrogens with zero attached hydrogens (tertiary/aromatic N) is 1.